The second-order valence-corrected chi connectivity index (χ2v) is 2.59. The molecule has 0 spiro atoms. The third-order valence-electron chi connectivity index (χ3n) is 1.70. The Morgan fingerprint density at radius 1 is 1.57 bits per heavy atom. The maximum Gasteiger partial charge on any atom is 0.280 e. The number of aromatic nitrogens is 1. The van der Waals surface area contributed by atoms with Crippen molar-refractivity contribution in [3.8, 4) is 6.07 Å². The molecule has 74 valence electrons. The number of nitriles is 1. The molecular formula is C8H8F2N4. The van der Waals surface area contributed by atoms with E-state index in [4.69, 9.17) is 16.7 Å². The van der Waals surface area contributed by atoms with Crippen LogP contribution in [-0.4, -0.2) is 4.98 Å². The van der Waals surface area contributed by atoms with Crippen molar-refractivity contribution < 1.29 is 8.78 Å². The number of nitrogens with two attached hydrogens (primary N) is 2. The Labute approximate surface area is 79.1 Å². The highest BCUT2D eigenvalue weighted by Gasteiger charge is 2.16. The van der Waals surface area contributed by atoms with Gasteiger partial charge in [-0.25, -0.2) is 13.8 Å². The normalized spacial score (nSPS) is 10.2. The minimum atomic E-state index is -2.75. The summed E-state index contributed by atoms with van der Waals surface area (Å²) in [6, 6.07) is 2.89. The fourth-order valence-corrected chi connectivity index (χ4v) is 1.03. The third kappa shape index (κ3) is 1.78. The van der Waals surface area contributed by atoms with Gasteiger partial charge < -0.3 is 11.5 Å². The monoisotopic (exact) mass is 198 g/mol. The van der Waals surface area contributed by atoms with Gasteiger partial charge in [-0.05, 0) is 11.6 Å². The minimum Gasteiger partial charge on any atom is -0.396 e. The van der Waals surface area contributed by atoms with E-state index < -0.39 is 12.1 Å². The Bertz CT molecular complexity index is 384. The molecule has 0 bridgehead atoms. The van der Waals surface area contributed by atoms with Gasteiger partial charge in [0.1, 0.15) is 11.8 Å². The topological polar surface area (TPSA) is 88.7 Å². The summed E-state index contributed by atoms with van der Waals surface area (Å²) >= 11 is 0. The smallest absolute Gasteiger partial charge is 0.280 e. The van der Waals surface area contributed by atoms with E-state index in [9.17, 15) is 8.78 Å². The lowest BCUT2D eigenvalue weighted by molar-refractivity contribution is 0.145. The SMILES string of the molecule is N#Cc1nc(C(F)F)c(CN)cc1N. The predicted octanol–water partition coefficient (Wildman–Crippen LogP) is 0.932. The Morgan fingerprint density at radius 2 is 2.21 bits per heavy atom. The van der Waals surface area contributed by atoms with E-state index in [2.05, 4.69) is 4.98 Å². The van der Waals surface area contributed by atoms with Gasteiger partial charge in [0, 0.05) is 6.54 Å². The number of pyridine rings is 1. The van der Waals surface area contributed by atoms with Crippen LogP contribution in [0.15, 0.2) is 6.07 Å². The van der Waals surface area contributed by atoms with E-state index in [1.807, 2.05) is 0 Å². The van der Waals surface area contributed by atoms with Gasteiger partial charge in [0.15, 0.2) is 5.69 Å². The second-order valence-electron chi connectivity index (χ2n) is 2.59. The number of halogens is 2. The van der Waals surface area contributed by atoms with Gasteiger partial charge in [-0.2, -0.15) is 5.26 Å². The second kappa shape index (κ2) is 3.98. The molecule has 14 heavy (non-hydrogen) atoms. The lowest BCUT2D eigenvalue weighted by Crippen LogP contribution is -2.08. The molecule has 0 unspecified atom stereocenters. The molecule has 0 saturated heterocycles. The van der Waals surface area contributed by atoms with Crippen LogP contribution in [0.25, 0.3) is 0 Å². The summed E-state index contributed by atoms with van der Waals surface area (Å²) in [6.07, 6.45) is -2.75. The van der Waals surface area contributed by atoms with Crippen LogP contribution in [0.5, 0.6) is 0 Å². The molecule has 1 aromatic heterocycles. The lowest BCUT2D eigenvalue weighted by atomic mass is 10.1. The number of rotatable bonds is 2. The molecule has 0 amide bonds. The number of alkyl halides is 2. The largest absolute Gasteiger partial charge is 0.396 e. The van der Waals surface area contributed by atoms with Crippen LogP contribution < -0.4 is 11.5 Å². The summed E-state index contributed by atoms with van der Waals surface area (Å²) in [5.41, 5.74) is 10.2. The van der Waals surface area contributed by atoms with Crippen molar-refractivity contribution in [3.05, 3.63) is 23.0 Å². The van der Waals surface area contributed by atoms with Crippen LogP contribution in [0.2, 0.25) is 0 Å². The predicted molar refractivity (Wildman–Crippen MR) is 46.2 cm³/mol. The zero-order chi connectivity index (χ0) is 10.7. The molecule has 0 aliphatic heterocycles. The quantitative estimate of drug-likeness (QED) is 0.739. The fraction of sp³-hybridized carbons (Fsp3) is 0.250. The van der Waals surface area contributed by atoms with Gasteiger partial charge >= 0.3 is 0 Å². The van der Waals surface area contributed by atoms with Crippen LogP contribution >= 0.6 is 0 Å². The van der Waals surface area contributed by atoms with Gasteiger partial charge in [0.25, 0.3) is 6.43 Å². The zero-order valence-electron chi connectivity index (χ0n) is 7.17. The van der Waals surface area contributed by atoms with Crippen molar-refractivity contribution in [1.82, 2.24) is 4.98 Å². The molecular weight excluding hydrogens is 190 g/mol. The summed E-state index contributed by atoms with van der Waals surface area (Å²) < 4.78 is 24.8. The van der Waals surface area contributed by atoms with E-state index in [0.29, 0.717) is 0 Å². The molecule has 1 rings (SSSR count). The van der Waals surface area contributed by atoms with Crippen molar-refractivity contribution in [1.29, 1.82) is 5.26 Å². The molecule has 4 nitrogen and oxygen atoms in total. The van der Waals surface area contributed by atoms with Crippen LogP contribution in [0, 0.1) is 11.3 Å². The van der Waals surface area contributed by atoms with E-state index in [0.717, 1.165) is 0 Å². The Hall–Kier alpha value is -1.74. The number of nitrogen functional groups attached to an aromatic ring is 1. The van der Waals surface area contributed by atoms with Gasteiger partial charge in [0.2, 0.25) is 0 Å². The lowest BCUT2D eigenvalue weighted by Gasteiger charge is -2.07. The van der Waals surface area contributed by atoms with Gasteiger partial charge in [-0.1, -0.05) is 0 Å². The molecule has 1 heterocycles. The molecule has 0 aliphatic rings. The van der Waals surface area contributed by atoms with Crippen molar-refractivity contribution in [2.24, 2.45) is 5.73 Å². The fourth-order valence-electron chi connectivity index (χ4n) is 1.03. The summed E-state index contributed by atoms with van der Waals surface area (Å²) in [5.74, 6) is 0. The van der Waals surface area contributed by atoms with Crippen LogP contribution in [0.4, 0.5) is 14.5 Å². The minimum absolute atomic E-state index is 0.0670. The Balaban J connectivity index is 3.34. The molecule has 0 aromatic carbocycles. The van der Waals surface area contributed by atoms with Crippen molar-refractivity contribution in [3.63, 3.8) is 0 Å². The van der Waals surface area contributed by atoms with Crippen LogP contribution in [0.3, 0.4) is 0 Å². The standard InChI is InChI=1S/C8H8F2N4/c9-8(10)7-4(2-11)1-5(13)6(3-12)14-7/h1,8H,2,11,13H2. The first-order valence-electron chi connectivity index (χ1n) is 3.77. The first-order valence-corrected chi connectivity index (χ1v) is 3.77. The average molecular weight is 198 g/mol. The van der Waals surface area contributed by atoms with Crippen LogP contribution in [0.1, 0.15) is 23.4 Å². The van der Waals surface area contributed by atoms with Crippen molar-refractivity contribution in [2.45, 2.75) is 13.0 Å². The number of anilines is 1. The van der Waals surface area contributed by atoms with E-state index in [1.165, 1.54) is 6.07 Å². The molecule has 4 N–H and O–H groups in total. The highest BCUT2D eigenvalue weighted by atomic mass is 19.3. The molecule has 0 radical (unpaired) electrons. The molecule has 0 atom stereocenters. The molecule has 1 aromatic rings. The van der Waals surface area contributed by atoms with Gasteiger partial charge in [0.05, 0.1) is 5.69 Å². The molecule has 0 aliphatic carbocycles. The van der Waals surface area contributed by atoms with Gasteiger partial charge in [-0.15, -0.1) is 0 Å². The highest BCUT2D eigenvalue weighted by molar-refractivity contribution is 5.52. The molecule has 0 fully saturated rings. The highest BCUT2D eigenvalue weighted by Crippen LogP contribution is 2.23. The summed E-state index contributed by atoms with van der Waals surface area (Å²) in [7, 11) is 0. The van der Waals surface area contributed by atoms with Crippen LogP contribution in [-0.2, 0) is 6.54 Å². The number of hydrogen-bond donors (Lipinski definition) is 2. The number of nitrogens with zero attached hydrogens (tertiary/aromatic N) is 2. The van der Waals surface area contributed by atoms with E-state index >= 15 is 0 Å². The Morgan fingerprint density at radius 3 is 2.64 bits per heavy atom. The zero-order valence-corrected chi connectivity index (χ0v) is 7.17. The first kappa shape index (κ1) is 10.3. The van der Waals surface area contributed by atoms with E-state index in [-0.39, 0.29) is 23.5 Å². The van der Waals surface area contributed by atoms with Crippen molar-refractivity contribution >= 4 is 5.69 Å². The molecule has 0 saturated carbocycles. The maximum atomic E-state index is 12.4. The summed E-state index contributed by atoms with van der Waals surface area (Å²) in [4.78, 5) is 3.44. The summed E-state index contributed by atoms with van der Waals surface area (Å²) in [5, 5.41) is 8.52. The molecule has 6 heteroatoms. The summed E-state index contributed by atoms with van der Waals surface area (Å²) in [6.45, 7) is -0.0808. The number of hydrogen-bond acceptors (Lipinski definition) is 4. The van der Waals surface area contributed by atoms with E-state index in [1.54, 1.807) is 6.07 Å². The Kier molecular flexibility index (Phi) is 2.94. The van der Waals surface area contributed by atoms with Crippen molar-refractivity contribution in [2.75, 3.05) is 5.73 Å². The van der Waals surface area contributed by atoms with Gasteiger partial charge in [-0.3, -0.25) is 0 Å². The average Bonchev–Trinajstić information content (AvgIpc) is 2.16. The first-order chi connectivity index (χ1) is 6.60. The third-order valence-corrected chi connectivity index (χ3v) is 1.70. The maximum absolute atomic E-state index is 12.4.